The van der Waals surface area contributed by atoms with Gasteiger partial charge in [-0.1, -0.05) is 30.7 Å². The lowest BCUT2D eigenvalue weighted by Gasteiger charge is -2.15. The molecule has 6 heteroatoms. The van der Waals surface area contributed by atoms with Gasteiger partial charge in [0.15, 0.2) is 6.10 Å². The molecule has 2 rings (SSSR count). The van der Waals surface area contributed by atoms with Crippen LogP contribution < -0.4 is 10.2 Å². The smallest absolute Gasteiger partial charge is 0.280 e. The molecule has 0 aliphatic heterocycles. The largest absolute Gasteiger partial charge is 0.507 e. The number of hydrogen-bond donors (Lipinski definition) is 2. The molecule has 0 aromatic heterocycles. The van der Waals surface area contributed by atoms with Crippen molar-refractivity contribution >= 4 is 23.2 Å². The molecule has 1 unspecified atom stereocenters. The Kier molecular flexibility index (Phi) is 6.42. The normalized spacial score (nSPS) is 12.6. The first-order valence-electron chi connectivity index (χ1n) is 8.00. The summed E-state index contributed by atoms with van der Waals surface area (Å²) >= 11 is 5.91. The highest BCUT2D eigenvalue weighted by atomic mass is 35.5. The van der Waals surface area contributed by atoms with E-state index in [1.165, 1.54) is 0 Å². The third kappa shape index (κ3) is 4.97. The number of nitrogens with one attached hydrogen (secondary N) is 1. The number of nitrogens with zero attached hydrogens (tertiary/aromatic N) is 1. The lowest BCUT2D eigenvalue weighted by molar-refractivity contribution is -0.127. The molecule has 0 fully saturated rings. The second kappa shape index (κ2) is 8.53. The summed E-state index contributed by atoms with van der Waals surface area (Å²) in [6, 6.07) is 12.1. The van der Waals surface area contributed by atoms with Gasteiger partial charge in [-0.25, -0.2) is 5.43 Å². The van der Waals surface area contributed by atoms with Gasteiger partial charge in [-0.3, -0.25) is 4.79 Å². The molecule has 132 valence electrons. The molecule has 0 aliphatic carbocycles. The van der Waals surface area contributed by atoms with Crippen molar-refractivity contribution in [3.05, 3.63) is 58.6 Å². The standard InChI is InChI=1S/C19H21ClN2O3/c1-4-16(15-7-5-6-8-17(15)23)21-22-19(24)13(3)25-18-10-9-14(20)11-12(18)2/h5-11,13,23H,4H2,1-3H3,(H,22,24). The van der Waals surface area contributed by atoms with Gasteiger partial charge in [-0.2, -0.15) is 5.10 Å². The highest BCUT2D eigenvalue weighted by Gasteiger charge is 2.16. The molecule has 5 nitrogen and oxygen atoms in total. The Morgan fingerprint density at radius 2 is 2.04 bits per heavy atom. The summed E-state index contributed by atoms with van der Waals surface area (Å²) in [4.78, 5) is 12.2. The molecule has 1 atom stereocenters. The number of halogens is 1. The van der Waals surface area contributed by atoms with E-state index in [0.29, 0.717) is 28.5 Å². The van der Waals surface area contributed by atoms with Crippen LogP contribution in [0.1, 0.15) is 31.4 Å². The third-order valence-corrected chi connectivity index (χ3v) is 3.90. The zero-order valence-corrected chi connectivity index (χ0v) is 15.2. The van der Waals surface area contributed by atoms with Crippen molar-refractivity contribution in [2.75, 3.05) is 0 Å². The molecule has 0 bridgehead atoms. The second-order valence-corrected chi connectivity index (χ2v) is 6.01. The van der Waals surface area contributed by atoms with E-state index in [9.17, 15) is 9.90 Å². The minimum atomic E-state index is -0.730. The quantitative estimate of drug-likeness (QED) is 0.603. The number of benzene rings is 2. The van der Waals surface area contributed by atoms with E-state index in [1.54, 1.807) is 49.4 Å². The third-order valence-electron chi connectivity index (χ3n) is 3.66. The first kappa shape index (κ1) is 18.8. The zero-order chi connectivity index (χ0) is 18.4. The van der Waals surface area contributed by atoms with Gasteiger partial charge in [0.25, 0.3) is 5.91 Å². The predicted molar refractivity (Wildman–Crippen MR) is 99.4 cm³/mol. The van der Waals surface area contributed by atoms with Gasteiger partial charge in [0.1, 0.15) is 11.5 Å². The van der Waals surface area contributed by atoms with Crippen LogP contribution in [0, 0.1) is 6.92 Å². The van der Waals surface area contributed by atoms with Crippen LogP contribution >= 0.6 is 11.6 Å². The molecule has 25 heavy (non-hydrogen) atoms. The SMILES string of the molecule is CCC(=NNC(=O)C(C)Oc1ccc(Cl)cc1C)c1ccccc1O. The van der Waals surface area contributed by atoms with Gasteiger partial charge in [0, 0.05) is 10.6 Å². The fraction of sp³-hybridized carbons (Fsp3) is 0.263. The lowest BCUT2D eigenvalue weighted by Crippen LogP contribution is -2.34. The van der Waals surface area contributed by atoms with Crippen molar-refractivity contribution in [2.45, 2.75) is 33.3 Å². The molecule has 0 aliphatic rings. The molecule has 2 aromatic carbocycles. The topological polar surface area (TPSA) is 70.9 Å². The number of phenolic OH excluding ortho intramolecular Hbond substituents is 1. The van der Waals surface area contributed by atoms with Crippen LogP contribution in [0.2, 0.25) is 5.02 Å². The summed E-state index contributed by atoms with van der Waals surface area (Å²) in [6.45, 7) is 5.40. The van der Waals surface area contributed by atoms with E-state index < -0.39 is 6.10 Å². The summed E-state index contributed by atoms with van der Waals surface area (Å²) in [5.41, 5.74) is 4.52. The molecular weight excluding hydrogens is 340 g/mol. The van der Waals surface area contributed by atoms with Gasteiger partial charge in [-0.05, 0) is 56.2 Å². The Balaban J connectivity index is 2.06. The number of ether oxygens (including phenoxy) is 1. The first-order valence-corrected chi connectivity index (χ1v) is 8.37. The van der Waals surface area contributed by atoms with Crippen LogP contribution in [0.3, 0.4) is 0 Å². The van der Waals surface area contributed by atoms with Crippen LogP contribution in [-0.4, -0.2) is 22.8 Å². The van der Waals surface area contributed by atoms with E-state index in [4.69, 9.17) is 16.3 Å². The van der Waals surface area contributed by atoms with Crippen LogP contribution in [0.25, 0.3) is 0 Å². The van der Waals surface area contributed by atoms with Gasteiger partial charge >= 0.3 is 0 Å². The van der Waals surface area contributed by atoms with Crippen molar-refractivity contribution in [3.63, 3.8) is 0 Å². The highest BCUT2D eigenvalue weighted by molar-refractivity contribution is 6.30. The van der Waals surface area contributed by atoms with Crippen LogP contribution in [0.15, 0.2) is 47.6 Å². The number of amides is 1. The number of hydrogen-bond acceptors (Lipinski definition) is 4. The minimum absolute atomic E-state index is 0.124. The Morgan fingerprint density at radius 3 is 2.68 bits per heavy atom. The van der Waals surface area contributed by atoms with Crippen molar-refractivity contribution in [2.24, 2.45) is 5.10 Å². The number of hydrazone groups is 1. The van der Waals surface area contributed by atoms with E-state index in [2.05, 4.69) is 10.5 Å². The van der Waals surface area contributed by atoms with Crippen molar-refractivity contribution in [3.8, 4) is 11.5 Å². The molecule has 0 heterocycles. The summed E-state index contributed by atoms with van der Waals surface area (Å²) in [7, 11) is 0. The Morgan fingerprint density at radius 1 is 1.32 bits per heavy atom. The maximum atomic E-state index is 12.2. The van der Waals surface area contributed by atoms with Crippen molar-refractivity contribution in [1.82, 2.24) is 5.43 Å². The van der Waals surface area contributed by atoms with Crippen LogP contribution in [0.4, 0.5) is 0 Å². The first-order chi connectivity index (χ1) is 11.9. The van der Waals surface area contributed by atoms with Gasteiger partial charge in [-0.15, -0.1) is 0 Å². The van der Waals surface area contributed by atoms with Gasteiger partial charge in [0.2, 0.25) is 0 Å². The summed E-state index contributed by atoms with van der Waals surface area (Å²) < 4.78 is 5.67. The van der Waals surface area contributed by atoms with Crippen molar-refractivity contribution < 1.29 is 14.6 Å². The molecule has 1 amide bonds. The highest BCUT2D eigenvalue weighted by Crippen LogP contribution is 2.23. The lowest BCUT2D eigenvalue weighted by atomic mass is 10.1. The molecule has 0 radical (unpaired) electrons. The summed E-state index contributed by atoms with van der Waals surface area (Å²) in [5.74, 6) is 0.335. The molecule has 2 N–H and O–H groups in total. The Labute approximate surface area is 152 Å². The number of carbonyl (C=O) groups is 1. The average Bonchev–Trinajstić information content (AvgIpc) is 2.59. The van der Waals surface area contributed by atoms with E-state index in [-0.39, 0.29) is 11.7 Å². The maximum absolute atomic E-state index is 12.2. The monoisotopic (exact) mass is 360 g/mol. The molecule has 0 spiro atoms. The van der Waals surface area contributed by atoms with E-state index >= 15 is 0 Å². The number of phenols is 1. The number of para-hydroxylation sites is 1. The molecule has 2 aromatic rings. The summed E-state index contributed by atoms with van der Waals surface area (Å²) in [5, 5.41) is 14.6. The number of carbonyl (C=O) groups excluding carboxylic acids is 1. The fourth-order valence-electron chi connectivity index (χ4n) is 2.25. The van der Waals surface area contributed by atoms with E-state index in [0.717, 1.165) is 5.56 Å². The van der Waals surface area contributed by atoms with E-state index in [1.807, 2.05) is 13.8 Å². The van der Waals surface area contributed by atoms with Crippen LogP contribution in [0.5, 0.6) is 11.5 Å². The fourth-order valence-corrected chi connectivity index (χ4v) is 2.48. The number of aromatic hydroxyl groups is 1. The van der Waals surface area contributed by atoms with Crippen LogP contribution in [-0.2, 0) is 4.79 Å². The molecule has 0 saturated heterocycles. The maximum Gasteiger partial charge on any atom is 0.280 e. The predicted octanol–water partition coefficient (Wildman–Crippen LogP) is 4.05. The molecular formula is C19H21ClN2O3. The number of rotatable bonds is 6. The van der Waals surface area contributed by atoms with Gasteiger partial charge in [0.05, 0.1) is 5.71 Å². The number of aryl methyl sites for hydroxylation is 1. The minimum Gasteiger partial charge on any atom is -0.507 e. The average molecular weight is 361 g/mol. The molecule has 0 saturated carbocycles. The zero-order valence-electron chi connectivity index (χ0n) is 14.4. The van der Waals surface area contributed by atoms with Gasteiger partial charge < -0.3 is 9.84 Å². The summed E-state index contributed by atoms with van der Waals surface area (Å²) in [6.07, 6.45) is -0.172. The Hall–Kier alpha value is -2.53. The second-order valence-electron chi connectivity index (χ2n) is 5.58. The Bertz CT molecular complexity index is 790. The van der Waals surface area contributed by atoms with Crippen molar-refractivity contribution in [1.29, 1.82) is 0 Å².